The largest absolute Gasteiger partial charge is 0.489 e. The molecule has 0 bridgehead atoms. The Labute approximate surface area is 130 Å². The number of hydrogen-bond donors (Lipinski definition) is 1. The van der Waals surface area contributed by atoms with Crippen LogP contribution in [0.5, 0.6) is 5.75 Å². The number of aliphatic hydroxyl groups is 1. The Hall–Kier alpha value is -2.33. The average molecular weight is 300 g/mol. The van der Waals surface area contributed by atoms with Crippen LogP contribution in [0.4, 0.5) is 0 Å². The average Bonchev–Trinajstić information content (AvgIpc) is 2.59. The van der Waals surface area contributed by atoms with E-state index < -0.39 is 0 Å². The zero-order chi connectivity index (χ0) is 15.8. The maximum absolute atomic E-state index is 11.3. The Balaban J connectivity index is 1.95. The summed E-state index contributed by atoms with van der Waals surface area (Å²) in [6, 6.07) is 17.3. The lowest BCUT2D eigenvalue weighted by Gasteiger charge is -2.14. The standard InChI is InChI=1S/C18H20O4/c1-21-18(20)11-16(12-19)15-7-9-17(10-8-15)22-13-14-5-3-2-4-6-14/h2-10,16,19H,11-13H2,1H3/t16-/m1/s1. The molecule has 0 saturated carbocycles. The molecule has 0 saturated heterocycles. The predicted octanol–water partition coefficient (Wildman–Crippen LogP) is 2.90. The predicted molar refractivity (Wildman–Crippen MR) is 83.7 cm³/mol. The first-order valence-electron chi connectivity index (χ1n) is 7.17. The van der Waals surface area contributed by atoms with Crippen LogP contribution < -0.4 is 4.74 Å². The van der Waals surface area contributed by atoms with E-state index in [2.05, 4.69) is 4.74 Å². The van der Waals surface area contributed by atoms with E-state index in [-0.39, 0.29) is 24.9 Å². The van der Waals surface area contributed by atoms with Crippen molar-refractivity contribution in [3.05, 3.63) is 65.7 Å². The van der Waals surface area contributed by atoms with Crippen molar-refractivity contribution in [2.24, 2.45) is 0 Å². The van der Waals surface area contributed by atoms with E-state index in [0.717, 1.165) is 16.9 Å². The number of carbonyl (C=O) groups excluding carboxylic acids is 1. The van der Waals surface area contributed by atoms with Crippen molar-refractivity contribution in [3.63, 3.8) is 0 Å². The second-order valence-corrected chi connectivity index (χ2v) is 5.00. The van der Waals surface area contributed by atoms with Crippen LogP contribution in [0.15, 0.2) is 54.6 Å². The summed E-state index contributed by atoms with van der Waals surface area (Å²) in [4.78, 5) is 11.3. The highest BCUT2D eigenvalue weighted by molar-refractivity contribution is 5.70. The molecule has 1 atom stereocenters. The smallest absolute Gasteiger partial charge is 0.306 e. The molecule has 0 aromatic heterocycles. The molecule has 0 radical (unpaired) electrons. The fourth-order valence-corrected chi connectivity index (χ4v) is 2.15. The van der Waals surface area contributed by atoms with Gasteiger partial charge in [-0.05, 0) is 23.3 Å². The molecule has 0 heterocycles. The highest BCUT2D eigenvalue weighted by Crippen LogP contribution is 2.23. The summed E-state index contributed by atoms with van der Waals surface area (Å²) in [5, 5.41) is 9.41. The summed E-state index contributed by atoms with van der Waals surface area (Å²) < 4.78 is 10.3. The molecule has 2 aromatic rings. The van der Waals surface area contributed by atoms with E-state index in [1.165, 1.54) is 7.11 Å². The van der Waals surface area contributed by atoms with E-state index in [0.29, 0.717) is 6.61 Å². The summed E-state index contributed by atoms with van der Waals surface area (Å²) in [5.74, 6) is 0.168. The van der Waals surface area contributed by atoms with Crippen molar-refractivity contribution in [3.8, 4) is 5.75 Å². The number of ether oxygens (including phenoxy) is 2. The molecule has 2 rings (SSSR count). The number of rotatable bonds is 7. The van der Waals surface area contributed by atoms with Gasteiger partial charge < -0.3 is 14.6 Å². The molecule has 1 N–H and O–H groups in total. The van der Waals surface area contributed by atoms with Gasteiger partial charge in [0, 0.05) is 5.92 Å². The van der Waals surface area contributed by atoms with Gasteiger partial charge >= 0.3 is 5.97 Å². The Morgan fingerprint density at radius 2 is 1.77 bits per heavy atom. The third-order valence-electron chi connectivity index (χ3n) is 3.46. The van der Waals surface area contributed by atoms with Crippen molar-refractivity contribution >= 4 is 5.97 Å². The van der Waals surface area contributed by atoms with Crippen molar-refractivity contribution in [2.75, 3.05) is 13.7 Å². The van der Waals surface area contributed by atoms with Crippen LogP contribution in [0.3, 0.4) is 0 Å². The van der Waals surface area contributed by atoms with Gasteiger partial charge in [-0.3, -0.25) is 4.79 Å². The SMILES string of the molecule is COC(=O)C[C@H](CO)c1ccc(OCc2ccccc2)cc1. The molecule has 116 valence electrons. The Kier molecular flexibility index (Phi) is 5.98. The first kappa shape index (κ1) is 16.0. The summed E-state index contributed by atoms with van der Waals surface area (Å²) in [6.45, 7) is 0.408. The number of methoxy groups -OCH3 is 1. The quantitative estimate of drug-likeness (QED) is 0.799. The van der Waals surface area contributed by atoms with Gasteiger partial charge in [0.1, 0.15) is 12.4 Å². The van der Waals surface area contributed by atoms with Crippen molar-refractivity contribution in [1.82, 2.24) is 0 Å². The van der Waals surface area contributed by atoms with E-state index in [1.54, 1.807) is 0 Å². The molecular formula is C18H20O4. The van der Waals surface area contributed by atoms with Crippen molar-refractivity contribution in [1.29, 1.82) is 0 Å². The minimum Gasteiger partial charge on any atom is -0.489 e. The van der Waals surface area contributed by atoms with Crippen LogP contribution in [-0.4, -0.2) is 24.8 Å². The van der Waals surface area contributed by atoms with Crippen LogP contribution in [0.2, 0.25) is 0 Å². The number of hydrogen-bond acceptors (Lipinski definition) is 4. The Morgan fingerprint density at radius 1 is 1.09 bits per heavy atom. The van der Waals surface area contributed by atoms with Gasteiger partial charge in [-0.2, -0.15) is 0 Å². The summed E-state index contributed by atoms with van der Waals surface area (Å²) in [5.41, 5.74) is 1.99. The van der Waals surface area contributed by atoms with Gasteiger partial charge in [-0.15, -0.1) is 0 Å². The maximum atomic E-state index is 11.3. The van der Waals surface area contributed by atoms with E-state index in [4.69, 9.17) is 4.74 Å². The molecule has 0 spiro atoms. The second-order valence-electron chi connectivity index (χ2n) is 5.00. The first-order chi connectivity index (χ1) is 10.7. The number of carbonyl (C=O) groups is 1. The number of aliphatic hydroxyl groups excluding tert-OH is 1. The molecule has 0 fully saturated rings. The van der Waals surface area contributed by atoms with Gasteiger partial charge in [-0.25, -0.2) is 0 Å². The molecule has 0 unspecified atom stereocenters. The zero-order valence-electron chi connectivity index (χ0n) is 12.6. The van der Waals surface area contributed by atoms with Crippen molar-refractivity contribution in [2.45, 2.75) is 18.9 Å². The maximum Gasteiger partial charge on any atom is 0.306 e. The molecule has 4 nitrogen and oxygen atoms in total. The van der Waals surface area contributed by atoms with Gasteiger partial charge in [0.25, 0.3) is 0 Å². The van der Waals surface area contributed by atoms with Crippen LogP contribution in [0, 0.1) is 0 Å². The molecular weight excluding hydrogens is 280 g/mol. The van der Waals surface area contributed by atoms with Gasteiger partial charge in [-0.1, -0.05) is 42.5 Å². The number of esters is 1. The first-order valence-corrected chi connectivity index (χ1v) is 7.17. The fraction of sp³-hybridized carbons (Fsp3) is 0.278. The molecule has 0 aliphatic carbocycles. The van der Waals surface area contributed by atoms with Crippen LogP contribution in [0.25, 0.3) is 0 Å². The molecule has 22 heavy (non-hydrogen) atoms. The molecule has 0 aliphatic heterocycles. The van der Waals surface area contributed by atoms with Crippen molar-refractivity contribution < 1.29 is 19.4 Å². The molecule has 2 aromatic carbocycles. The van der Waals surface area contributed by atoms with Gasteiger partial charge in [0.05, 0.1) is 20.1 Å². The summed E-state index contributed by atoms with van der Waals surface area (Å²) in [7, 11) is 1.34. The van der Waals surface area contributed by atoms with E-state index in [9.17, 15) is 9.90 Å². The lowest BCUT2D eigenvalue weighted by atomic mass is 9.96. The highest BCUT2D eigenvalue weighted by Gasteiger charge is 2.15. The Bertz CT molecular complexity index is 578. The fourth-order valence-electron chi connectivity index (χ4n) is 2.15. The van der Waals surface area contributed by atoms with E-state index in [1.807, 2.05) is 54.6 Å². The monoisotopic (exact) mass is 300 g/mol. The third-order valence-corrected chi connectivity index (χ3v) is 3.46. The summed E-state index contributed by atoms with van der Waals surface area (Å²) in [6.07, 6.45) is 0.164. The normalized spacial score (nSPS) is 11.7. The lowest BCUT2D eigenvalue weighted by Crippen LogP contribution is -2.12. The minimum atomic E-state index is -0.330. The second kappa shape index (κ2) is 8.20. The topological polar surface area (TPSA) is 55.8 Å². The van der Waals surface area contributed by atoms with Gasteiger partial charge in [0.2, 0.25) is 0 Å². The van der Waals surface area contributed by atoms with E-state index >= 15 is 0 Å². The van der Waals surface area contributed by atoms with Crippen LogP contribution >= 0.6 is 0 Å². The molecule has 0 aliphatic rings. The van der Waals surface area contributed by atoms with Crippen LogP contribution in [0.1, 0.15) is 23.5 Å². The Morgan fingerprint density at radius 3 is 2.36 bits per heavy atom. The lowest BCUT2D eigenvalue weighted by molar-refractivity contribution is -0.141. The van der Waals surface area contributed by atoms with Crippen LogP contribution in [-0.2, 0) is 16.1 Å². The minimum absolute atomic E-state index is 0.0979. The molecule has 4 heteroatoms. The highest BCUT2D eigenvalue weighted by atomic mass is 16.5. The zero-order valence-corrected chi connectivity index (χ0v) is 12.6. The molecule has 0 amide bonds. The van der Waals surface area contributed by atoms with Gasteiger partial charge in [0.15, 0.2) is 0 Å². The number of benzene rings is 2. The third kappa shape index (κ3) is 4.60. The summed E-state index contributed by atoms with van der Waals surface area (Å²) >= 11 is 0.